The van der Waals surface area contributed by atoms with Crippen molar-refractivity contribution in [3.8, 4) is 0 Å². The van der Waals surface area contributed by atoms with Gasteiger partial charge in [-0.3, -0.25) is 9.59 Å². The highest BCUT2D eigenvalue weighted by Crippen LogP contribution is 2.08. The third-order valence-corrected chi connectivity index (χ3v) is 2.92. The van der Waals surface area contributed by atoms with Crippen LogP contribution in [0, 0.1) is 0 Å². The molecule has 2 amide bonds. The van der Waals surface area contributed by atoms with Gasteiger partial charge in [-0.15, -0.1) is 0 Å². The lowest BCUT2D eigenvalue weighted by Crippen LogP contribution is -2.59. The zero-order chi connectivity index (χ0) is 12.1. The van der Waals surface area contributed by atoms with Gasteiger partial charge in [0.15, 0.2) is 0 Å². The van der Waals surface area contributed by atoms with Crippen LogP contribution in [0.15, 0.2) is 0 Å². The smallest absolute Gasteiger partial charge is 0.328 e. The molecule has 0 saturated carbocycles. The Hall–Kier alpha value is -1.24. The number of carbonyl (C=O) groups is 3. The van der Waals surface area contributed by atoms with Crippen molar-refractivity contribution in [2.75, 3.05) is 25.1 Å². The molecule has 1 heterocycles. The summed E-state index contributed by atoms with van der Waals surface area (Å²) < 4.78 is 0. The lowest BCUT2D eigenvalue weighted by Gasteiger charge is -2.32. The quantitative estimate of drug-likeness (QED) is 0.675. The second-order valence-electron chi connectivity index (χ2n) is 3.42. The first-order valence-electron chi connectivity index (χ1n) is 4.84. The summed E-state index contributed by atoms with van der Waals surface area (Å²) in [6.45, 7) is -0.177. The molecule has 0 aromatic heterocycles. The van der Waals surface area contributed by atoms with Gasteiger partial charge in [0.25, 0.3) is 0 Å². The van der Waals surface area contributed by atoms with Crippen LogP contribution in [0.5, 0.6) is 0 Å². The molecule has 1 fully saturated rings. The van der Waals surface area contributed by atoms with Gasteiger partial charge in [0, 0.05) is 18.7 Å². The van der Waals surface area contributed by atoms with Gasteiger partial charge in [-0.2, -0.15) is 11.8 Å². The number of amides is 2. The Morgan fingerprint density at radius 2 is 2.31 bits per heavy atom. The molecule has 6 nitrogen and oxygen atoms in total. The zero-order valence-electron chi connectivity index (χ0n) is 8.93. The fourth-order valence-electron chi connectivity index (χ4n) is 1.46. The van der Waals surface area contributed by atoms with Crippen LogP contribution in [0.3, 0.4) is 0 Å². The number of carbonyl (C=O) groups excluding carboxylic acids is 2. The minimum absolute atomic E-state index is 0.0147. The molecular weight excluding hydrogens is 232 g/mol. The van der Waals surface area contributed by atoms with E-state index in [9.17, 15) is 14.4 Å². The Kier molecular flexibility index (Phi) is 4.60. The fourth-order valence-corrected chi connectivity index (χ4v) is 1.84. The van der Waals surface area contributed by atoms with Gasteiger partial charge in [-0.05, 0) is 6.26 Å². The molecule has 0 aromatic rings. The van der Waals surface area contributed by atoms with Gasteiger partial charge in [-0.25, -0.2) is 4.79 Å². The van der Waals surface area contributed by atoms with E-state index >= 15 is 0 Å². The van der Waals surface area contributed by atoms with E-state index in [1.54, 1.807) is 0 Å². The Balaban J connectivity index is 2.67. The molecule has 1 aliphatic rings. The predicted octanol–water partition coefficient (Wildman–Crippen LogP) is -0.849. The largest absolute Gasteiger partial charge is 0.480 e. The maximum Gasteiger partial charge on any atom is 0.328 e. The maximum atomic E-state index is 11.7. The number of thioether (sulfide) groups is 1. The van der Waals surface area contributed by atoms with Crippen LogP contribution in [0.25, 0.3) is 0 Å². The van der Waals surface area contributed by atoms with Crippen molar-refractivity contribution in [1.29, 1.82) is 0 Å². The Labute approximate surface area is 97.4 Å². The predicted molar refractivity (Wildman–Crippen MR) is 59.1 cm³/mol. The number of hydrogen-bond donors (Lipinski definition) is 2. The van der Waals surface area contributed by atoms with Crippen molar-refractivity contribution < 1.29 is 19.5 Å². The van der Waals surface area contributed by atoms with Crippen LogP contribution < -0.4 is 5.32 Å². The second-order valence-corrected chi connectivity index (χ2v) is 4.41. The van der Waals surface area contributed by atoms with E-state index in [-0.39, 0.29) is 31.3 Å². The van der Waals surface area contributed by atoms with Crippen LogP contribution in [-0.2, 0) is 14.4 Å². The number of aliphatic carboxylic acids is 1. The molecule has 1 saturated heterocycles. The summed E-state index contributed by atoms with van der Waals surface area (Å²) in [4.78, 5) is 34.8. The molecule has 0 aromatic carbocycles. The van der Waals surface area contributed by atoms with E-state index in [4.69, 9.17) is 5.11 Å². The highest BCUT2D eigenvalue weighted by atomic mass is 32.2. The van der Waals surface area contributed by atoms with E-state index in [2.05, 4.69) is 5.32 Å². The van der Waals surface area contributed by atoms with E-state index < -0.39 is 12.0 Å². The SMILES string of the molecule is CSCCC(=O)N1CC(=O)NCC1C(=O)O. The minimum atomic E-state index is -1.09. The Morgan fingerprint density at radius 1 is 1.62 bits per heavy atom. The van der Waals surface area contributed by atoms with Gasteiger partial charge in [0.1, 0.15) is 12.6 Å². The summed E-state index contributed by atoms with van der Waals surface area (Å²) in [7, 11) is 0. The van der Waals surface area contributed by atoms with E-state index in [0.29, 0.717) is 5.75 Å². The molecular formula is C9H14N2O4S. The highest BCUT2D eigenvalue weighted by molar-refractivity contribution is 7.98. The van der Waals surface area contributed by atoms with Crippen LogP contribution >= 0.6 is 11.8 Å². The zero-order valence-corrected chi connectivity index (χ0v) is 9.75. The number of hydrogen-bond acceptors (Lipinski definition) is 4. The molecule has 90 valence electrons. The summed E-state index contributed by atoms with van der Waals surface area (Å²) in [6.07, 6.45) is 2.13. The third-order valence-electron chi connectivity index (χ3n) is 2.31. The van der Waals surface area contributed by atoms with Gasteiger partial charge >= 0.3 is 5.97 Å². The molecule has 16 heavy (non-hydrogen) atoms. The summed E-state index contributed by atoms with van der Waals surface area (Å²) in [5.41, 5.74) is 0. The van der Waals surface area contributed by atoms with Crippen LogP contribution in [0.1, 0.15) is 6.42 Å². The number of carboxylic acids is 1. The van der Waals surface area contributed by atoms with Gasteiger partial charge in [0.05, 0.1) is 0 Å². The van der Waals surface area contributed by atoms with Gasteiger partial charge in [0.2, 0.25) is 11.8 Å². The Morgan fingerprint density at radius 3 is 2.88 bits per heavy atom. The van der Waals surface area contributed by atoms with Gasteiger partial charge < -0.3 is 15.3 Å². The van der Waals surface area contributed by atoms with Crippen molar-refractivity contribution in [3.63, 3.8) is 0 Å². The molecule has 0 aliphatic carbocycles. The lowest BCUT2D eigenvalue weighted by atomic mass is 10.1. The number of carboxylic acid groups (broad SMARTS) is 1. The Bertz CT molecular complexity index is 308. The normalized spacial score (nSPS) is 20.4. The molecule has 0 radical (unpaired) electrons. The molecule has 1 aliphatic heterocycles. The molecule has 1 atom stereocenters. The van der Waals surface area contributed by atoms with E-state index in [0.717, 1.165) is 4.90 Å². The van der Waals surface area contributed by atoms with E-state index in [1.807, 2.05) is 6.26 Å². The maximum absolute atomic E-state index is 11.7. The lowest BCUT2D eigenvalue weighted by molar-refractivity contribution is -0.153. The molecule has 2 N–H and O–H groups in total. The monoisotopic (exact) mass is 246 g/mol. The van der Waals surface area contributed by atoms with Crippen molar-refractivity contribution in [3.05, 3.63) is 0 Å². The average Bonchev–Trinajstić information content (AvgIpc) is 2.25. The van der Waals surface area contributed by atoms with Gasteiger partial charge in [-0.1, -0.05) is 0 Å². The molecule has 0 bridgehead atoms. The van der Waals surface area contributed by atoms with E-state index in [1.165, 1.54) is 11.8 Å². The van der Waals surface area contributed by atoms with Crippen molar-refractivity contribution in [2.45, 2.75) is 12.5 Å². The third kappa shape index (κ3) is 3.13. The van der Waals surface area contributed by atoms with Crippen LogP contribution in [-0.4, -0.2) is 58.9 Å². The van der Waals surface area contributed by atoms with Crippen molar-refractivity contribution >= 4 is 29.5 Å². The topological polar surface area (TPSA) is 86.7 Å². The standard InChI is InChI=1S/C9H14N2O4S/c1-16-3-2-8(13)11-5-7(12)10-4-6(11)9(14)15/h6H,2-5H2,1H3,(H,10,12)(H,14,15). The fraction of sp³-hybridized carbons (Fsp3) is 0.667. The average molecular weight is 246 g/mol. The summed E-state index contributed by atoms with van der Waals surface area (Å²) in [5, 5.41) is 11.4. The number of rotatable bonds is 4. The first-order valence-corrected chi connectivity index (χ1v) is 6.23. The summed E-state index contributed by atoms with van der Waals surface area (Å²) in [6, 6.07) is -0.938. The minimum Gasteiger partial charge on any atom is -0.480 e. The molecule has 1 rings (SSSR count). The molecule has 7 heteroatoms. The summed E-state index contributed by atoms with van der Waals surface area (Å²) >= 11 is 1.51. The molecule has 1 unspecified atom stereocenters. The number of nitrogens with zero attached hydrogens (tertiary/aromatic N) is 1. The summed E-state index contributed by atoms with van der Waals surface area (Å²) in [5.74, 6) is -1.05. The van der Waals surface area contributed by atoms with Crippen LogP contribution in [0.4, 0.5) is 0 Å². The van der Waals surface area contributed by atoms with Crippen LogP contribution in [0.2, 0.25) is 0 Å². The number of nitrogens with one attached hydrogen (secondary N) is 1. The van der Waals surface area contributed by atoms with Crippen molar-refractivity contribution in [2.24, 2.45) is 0 Å². The highest BCUT2D eigenvalue weighted by Gasteiger charge is 2.34. The molecule has 0 spiro atoms. The number of piperazine rings is 1. The second kappa shape index (κ2) is 5.74. The first-order chi connectivity index (χ1) is 7.56. The van der Waals surface area contributed by atoms with Crippen molar-refractivity contribution in [1.82, 2.24) is 10.2 Å². The first kappa shape index (κ1) is 12.8.